The van der Waals surface area contributed by atoms with Gasteiger partial charge in [-0.3, -0.25) is 0 Å². The molecule has 2 aromatic heterocycles. The van der Waals surface area contributed by atoms with Crippen LogP contribution in [0.2, 0.25) is 0 Å². The molecule has 0 amide bonds. The van der Waals surface area contributed by atoms with Crippen molar-refractivity contribution in [2.45, 2.75) is 19.9 Å². The van der Waals surface area contributed by atoms with Gasteiger partial charge in [-0.1, -0.05) is 19.0 Å². The Morgan fingerprint density at radius 2 is 2.18 bits per heavy atom. The monoisotopic (exact) mass is 296 g/mol. The lowest BCUT2D eigenvalue weighted by Crippen LogP contribution is -2.18. The van der Waals surface area contributed by atoms with Gasteiger partial charge in [-0.2, -0.15) is 4.98 Å². The summed E-state index contributed by atoms with van der Waals surface area (Å²) in [4.78, 5) is 8.45. The minimum absolute atomic E-state index is 0.227. The Morgan fingerprint density at radius 1 is 1.41 bits per heavy atom. The zero-order valence-electron chi connectivity index (χ0n) is 9.59. The molecule has 0 radical (unpaired) electrons. The van der Waals surface area contributed by atoms with E-state index in [-0.39, 0.29) is 12.0 Å². The van der Waals surface area contributed by atoms with Crippen LogP contribution in [0.1, 0.15) is 25.7 Å². The predicted molar refractivity (Wildman–Crippen MR) is 67.0 cm³/mol. The van der Waals surface area contributed by atoms with Crippen molar-refractivity contribution in [2.24, 2.45) is 11.7 Å². The van der Waals surface area contributed by atoms with Crippen LogP contribution < -0.4 is 5.73 Å². The number of pyridine rings is 1. The van der Waals surface area contributed by atoms with Crippen molar-refractivity contribution in [1.82, 2.24) is 15.1 Å². The van der Waals surface area contributed by atoms with E-state index in [1.54, 1.807) is 6.20 Å². The molecule has 0 aliphatic rings. The highest BCUT2D eigenvalue weighted by atomic mass is 79.9. The van der Waals surface area contributed by atoms with Gasteiger partial charge in [0.15, 0.2) is 5.82 Å². The number of nitrogens with zero attached hydrogens (tertiary/aromatic N) is 3. The van der Waals surface area contributed by atoms with Crippen molar-refractivity contribution in [3.8, 4) is 11.6 Å². The first-order valence-electron chi connectivity index (χ1n) is 5.29. The van der Waals surface area contributed by atoms with Crippen molar-refractivity contribution in [2.75, 3.05) is 0 Å². The molecule has 0 saturated heterocycles. The molecule has 0 aliphatic carbocycles. The topological polar surface area (TPSA) is 77.8 Å². The summed E-state index contributed by atoms with van der Waals surface area (Å²) in [5.74, 6) is 1.14. The van der Waals surface area contributed by atoms with Gasteiger partial charge in [0.2, 0.25) is 0 Å². The highest BCUT2D eigenvalue weighted by molar-refractivity contribution is 9.10. The molecular formula is C11H13BrN4O. The van der Waals surface area contributed by atoms with Crippen LogP contribution >= 0.6 is 15.9 Å². The van der Waals surface area contributed by atoms with Gasteiger partial charge >= 0.3 is 0 Å². The third kappa shape index (κ3) is 2.53. The summed E-state index contributed by atoms with van der Waals surface area (Å²) in [7, 11) is 0. The van der Waals surface area contributed by atoms with Crippen LogP contribution in [0.5, 0.6) is 0 Å². The van der Waals surface area contributed by atoms with E-state index in [0.29, 0.717) is 17.4 Å². The van der Waals surface area contributed by atoms with Crippen LogP contribution in [-0.4, -0.2) is 15.1 Å². The lowest BCUT2D eigenvalue weighted by Gasteiger charge is -2.09. The maximum atomic E-state index is 5.95. The summed E-state index contributed by atoms with van der Waals surface area (Å²) in [5.41, 5.74) is 6.58. The van der Waals surface area contributed by atoms with Gasteiger partial charge in [0, 0.05) is 10.7 Å². The Kier molecular flexibility index (Phi) is 3.54. The highest BCUT2D eigenvalue weighted by Gasteiger charge is 2.19. The first-order chi connectivity index (χ1) is 8.09. The molecule has 6 heteroatoms. The van der Waals surface area contributed by atoms with E-state index in [2.05, 4.69) is 31.1 Å². The summed E-state index contributed by atoms with van der Waals surface area (Å²) in [6, 6.07) is 3.47. The molecule has 5 nitrogen and oxygen atoms in total. The van der Waals surface area contributed by atoms with Crippen LogP contribution in [0.4, 0.5) is 0 Å². The number of aromatic nitrogens is 3. The van der Waals surface area contributed by atoms with Crippen molar-refractivity contribution in [1.29, 1.82) is 0 Å². The SMILES string of the molecule is CC(C)C(N)c1noc(-c2ncccc2Br)n1. The number of halogens is 1. The molecule has 2 N–H and O–H groups in total. The zero-order chi connectivity index (χ0) is 12.4. The molecule has 17 heavy (non-hydrogen) atoms. The first-order valence-corrected chi connectivity index (χ1v) is 6.09. The molecule has 0 aliphatic heterocycles. The fourth-order valence-electron chi connectivity index (χ4n) is 1.31. The second-order valence-electron chi connectivity index (χ2n) is 4.06. The summed E-state index contributed by atoms with van der Waals surface area (Å²) in [6.45, 7) is 4.02. The molecule has 0 saturated carbocycles. The van der Waals surface area contributed by atoms with E-state index in [1.807, 2.05) is 26.0 Å². The molecule has 2 rings (SSSR count). The van der Waals surface area contributed by atoms with Crippen LogP contribution in [-0.2, 0) is 0 Å². The molecular weight excluding hydrogens is 284 g/mol. The van der Waals surface area contributed by atoms with Crippen molar-refractivity contribution < 1.29 is 4.52 Å². The molecule has 1 unspecified atom stereocenters. The molecule has 0 spiro atoms. The fraction of sp³-hybridized carbons (Fsp3) is 0.364. The molecule has 0 bridgehead atoms. The Labute approximate surface area is 108 Å². The third-order valence-corrected chi connectivity index (χ3v) is 3.06. The Morgan fingerprint density at radius 3 is 2.82 bits per heavy atom. The Hall–Kier alpha value is -1.27. The van der Waals surface area contributed by atoms with Gasteiger partial charge < -0.3 is 10.3 Å². The number of hydrogen-bond donors (Lipinski definition) is 1. The summed E-state index contributed by atoms with van der Waals surface area (Å²) < 4.78 is 5.98. The van der Waals surface area contributed by atoms with E-state index in [1.165, 1.54) is 0 Å². The average molecular weight is 297 g/mol. The molecule has 0 fully saturated rings. The molecule has 2 heterocycles. The molecule has 1 atom stereocenters. The van der Waals surface area contributed by atoms with Gasteiger partial charge in [-0.25, -0.2) is 4.98 Å². The van der Waals surface area contributed by atoms with Gasteiger partial charge in [0.25, 0.3) is 5.89 Å². The van der Waals surface area contributed by atoms with Gasteiger partial charge in [-0.15, -0.1) is 0 Å². The van der Waals surface area contributed by atoms with E-state index in [0.717, 1.165) is 4.47 Å². The quantitative estimate of drug-likeness (QED) is 0.942. The summed E-state index contributed by atoms with van der Waals surface area (Å²) in [5, 5.41) is 3.88. The summed E-state index contributed by atoms with van der Waals surface area (Å²) >= 11 is 3.39. The number of rotatable bonds is 3. The van der Waals surface area contributed by atoms with Crippen LogP contribution in [0, 0.1) is 5.92 Å². The van der Waals surface area contributed by atoms with Gasteiger partial charge in [0.05, 0.1) is 6.04 Å². The minimum atomic E-state index is -0.227. The number of nitrogens with two attached hydrogens (primary N) is 1. The lowest BCUT2D eigenvalue weighted by molar-refractivity contribution is 0.399. The van der Waals surface area contributed by atoms with E-state index in [4.69, 9.17) is 10.3 Å². The molecule has 0 aromatic carbocycles. The summed E-state index contributed by atoms with van der Waals surface area (Å²) in [6.07, 6.45) is 1.67. The van der Waals surface area contributed by atoms with E-state index < -0.39 is 0 Å². The third-order valence-electron chi connectivity index (χ3n) is 2.42. The van der Waals surface area contributed by atoms with Crippen LogP contribution in [0.25, 0.3) is 11.6 Å². The Bertz CT molecular complexity index is 512. The lowest BCUT2D eigenvalue weighted by atomic mass is 10.1. The second-order valence-corrected chi connectivity index (χ2v) is 4.92. The van der Waals surface area contributed by atoms with E-state index in [9.17, 15) is 0 Å². The Balaban J connectivity index is 2.34. The highest BCUT2D eigenvalue weighted by Crippen LogP contribution is 2.25. The largest absolute Gasteiger partial charge is 0.332 e. The average Bonchev–Trinajstić information content (AvgIpc) is 2.77. The molecule has 90 valence electrons. The fourth-order valence-corrected chi connectivity index (χ4v) is 1.73. The zero-order valence-corrected chi connectivity index (χ0v) is 11.2. The smallest absolute Gasteiger partial charge is 0.277 e. The second kappa shape index (κ2) is 4.93. The molecule has 2 aromatic rings. The standard InChI is InChI=1S/C11H13BrN4O/c1-6(2)8(13)10-15-11(17-16-10)9-7(12)4-3-5-14-9/h3-6,8H,13H2,1-2H3. The van der Waals surface area contributed by atoms with Crippen molar-refractivity contribution >= 4 is 15.9 Å². The minimum Gasteiger partial charge on any atom is -0.332 e. The normalized spacial score (nSPS) is 13.0. The maximum absolute atomic E-state index is 5.95. The maximum Gasteiger partial charge on any atom is 0.277 e. The van der Waals surface area contributed by atoms with Crippen LogP contribution in [0.3, 0.4) is 0 Å². The van der Waals surface area contributed by atoms with Crippen molar-refractivity contribution in [3.05, 3.63) is 28.6 Å². The first kappa shape index (κ1) is 12.2. The van der Waals surface area contributed by atoms with Gasteiger partial charge in [0.1, 0.15) is 5.69 Å². The van der Waals surface area contributed by atoms with Crippen molar-refractivity contribution in [3.63, 3.8) is 0 Å². The number of hydrogen-bond acceptors (Lipinski definition) is 5. The van der Waals surface area contributed by atoms with Gasteiger partial charge in [-0.05, 0) is 34.0 Å². The van der Waals surface area contributed by atoms with Crippen LogP contribution in [0.15, 0.2) is 27.3 Å². The van der Waals surface area contributed by atoms with E-state index >= 15 is 0 Å². The predicted octanol–water partition coefficient (Wildman–Crippen LogP) is 2.55.